The molecule has 4 nitrogen and oxygen atoms in total. The Morgan fingerprint density at radius 3 is 2.74 bits per heavy atom. The topological polar surface area (TPSA) is 55.6 Å². The molecule has 19 heavy (non-hydrogen) atoms. The molecule has 0 saturated carbocycles. The number of hydrogen-bond acceptors (Lipinski definition) is 3. The number of benzene rings is 1. The van der Waals surface area contributed by atoms with E-state index in [-0.39, 0.29) is 17.7 Å². The molecule has 104 valence electrons. The SMILES string of the molecule is COc1cc(C(=O)N(C)C(C)CC(N)=S)ccc1F. The van der Waals surface area contributed by atoms with Crippen LogP contribution in [0.5, 0.6) is 5.75 Å². The van der Waals surface area contributed by atoms with E-state index in [1.807, 2.05) is 6.92 Å². The third-order valence-electron chi connectivity index (χ3n) is 2.88. The van der Waals surface area contributed by atoms with Gasteiger partial charge in [0.2, 0.25) is 0 Å². The van der Waals surface area contributed by atoms with Crippen LogP contribution in [0.3, 0.4) is 0 Å². The van der Waals surface area contributed by atoms with Gasteiger partial charge in [-0.15, -0.1) is 0 Å². The number of nitrogens with zero attached hydrogens (tertiary/aromatic N) is 1. The van der Waals surface area contributed by atoms with E-state index in [9.17, 15) is 9.18 Å². The molecule has 1 atom stereocenters. The number of hydrogen-bond donors (Lipinski definition) is 1. The first-order valence-corrected chi connectivity index (χ1v) is 6.16. The van der Waals surface area contributed by atoms with E-state index >= 15 is 0 Å². The minimum Gasteiger partial charge on any atom is -0.494 e. The molecule has 0 spiro atoms. The van der Waals surface area contributed by atoms with Crippen LogP contribution in [0.2, 0.25) is 0 Å². The summed E-state index contributed by atoms with van der Waals surface area (Å²) in [6.45, 7) is 1.85. The molecular weight excluding hydrogens is 267 g/mol. The standard InChI is InChI=1S/C13H17FN2O2S/c1-8(6-12(15)19)16(2)13(17)9-4-5-10(14)11(7-9)18-3/h4-5,7-8H,6H2,1-3H3,(H2,15,19). The summed E-state index contributed by atoms with van der Waals surface area (Å²) in [5.41, 5.74) is 5.82. The Morgan fingerprint density at radius 1 is 1.58 bits per heavy atom. The van der Waals surface area contributed by atoms with Crippen LogP contribution in [0, 0.1) is 5.82 Å². The summed E-state index contributed by atoms with van der Waals surface area (Å²) in [5, 5.41) is 0. The molecule has 1 rings (SSSR count). The first-order chi connectivity index (χ1) is 8.86. The van der Waals surface area contributed by atoms with Gasteiger partial charge in [0.25, 0.3) is 5.91 Å². The van der Waals surface area contributed by atoms with Crippen molar-refractivity contribution >= 4 is 23.1 Å². The Morgan fingerprint density at radius 2 is 2.21 bits per heavy atom. The highest BCUT2D eigenvalue weighted by Gasteiger charge is 2.19. The molecule has 1 unspecified atom stereocenters. The Kier molecular flexibility index (Phi) is 5.23. The zero-order chi connectivity index (χ0) is 14.6. The van der Waals surface area contributed by atoms with Crippen molar-refractivity contribution in [1.29, 1.82) is 0 Å². The molecule has 0 bridgehead atoms. The molecule has 0 saturated heterocycles. The molecule has 6 heteroatoms. The number of amides is 1. The minimum absolute atomic E-state index is 0.0428. The Balaban J connectivity index is 2.90. The maximum Gasteiger partial charge on any atom is 0.253 e. The fraction of sp³-hybridized carbons (Fsp3) is 0.385. The second-order valence-corrected chi connectivity index (χ2v) is 4.81. The van der Waals surface area contributed by atoms with Crippen LogP contribution in [0.25, 0.3) is 0 Å². The summed E-state index contributed by atoms with van der Waals surface area (Å²) in [5.74, 6) is -0.693. The lowest BCUT2D eigenvalue weighted by Gasteiger charge is -2.24. The molecule has 1 aromatic rings. The zero-order valence-corrected chi connectivity index (χ0v) is 12.0. The summed E-state index contributed by atoms with van der Waals surface area (Å²) in [6, 6.07) is 3.88. The average Bonchev–Trinajstić information content (AvgIpc) is 2.36. The molecule has 0 radical (unpaired) electrons. The quantitative estimate of drug-likeness (QED) is 0.840. The van der Waals surface area contributed by atoms with E-state index in [2.05, 4.69) is 0 Å². The Bertz CT molecular complexity index is 494. The van der Waals surface area contributed by atoms with E-state index in [1.54, 1.807) is 7.05 Å². The van der Waals surface area contributed by atoms with Gasteiger partial charge in [-0.25, -0.2) is 4.39 Å². The molecule has 0 aliphatic heterocycles. The number of carbonyl (C=O) groups is 1. The number of carbonyl (C=O) groups excluding carboxylic acids is 1. The highest BCUT2D eigenvalue weighted by Crippen LogP contribution is 2.19. The van der Waals surface area contributed by atoms with E-state index in [4.69, 9.17) is 22.7 Å². The number of thiocarbonyl (C=S) groups is 1. The van der Waals surface area contributed by atoms with Crippen LogP contribution >= 0.6 is 12.2 Å². The molecule has 0 aromatic heterocycles. The van der Waals surface area contributed by atoms with E-state index in [0.717, 1.165) is 0 Å². The lowest BCUT2D eigenvalue weighted by Crippen LogP contribution is -2.37. The molecular formula is C13H17FN2O2S. The van der Waals surface area contributed by atoms with Crippen molar-refractivity contribution in [1.82, 2.24) is 4.90 Å². The fourth-order valence-corrected chi connectivity index (χ4v) is 1.87. The van der Waals surface area contributed by atoms with Gasteiger partial charge in [0.05, 0.1) is 12.1 Å². The van der Waals surface area contributed by atoms with Crippen molar-refractivity contribution in [2.45, 2.75) is 19.4 Å². The summed E-state index contributed by atoms with van der Waals surface area (Å²) in [6.07, 6.45) is 0.440. The van der Waals surface area contributed by atoms with Gasteiger partial charge in [-0.05, 0) is 25.1 Å². The van der Waals surface area contributed by atoms with Crippen LogP contribution in [0.4, 0.5) is 4.39 Å². The van der Waals surface area contributed by atoms with Gasteiger partial charge in [0.1, 0.15) is 0 Å². The zero-order valence-electron chi connectivity index (χ0n) is 11.1. The summed E-state index contributed by atoms with van der Waals surface area (Å²) < 4.78 is 18.1. The molecule has 0 aliphatic carbocycles. The van der Waals surface area contributed by atoms with Gasteiger partial charge in [-0.2, -0.15) is 0 Å². The number of ether oxygens (including phenoxy) is 1. The number of halogens is 1. The first kappa shape index (κ1) is 15.4. The van der Waals surface area contributed by atoms with Crippen LogP contribution in [0.15, 0.2) is 18.2 Å². The maximum absolute atomic E-state index is 13.3. The van der Waals surface area contributed by atoms with Crippen molar-refractivity contribution < 1.29 is 13.9 Å². The number of rotatable bonds is 5. The average molecular weight is 284 g/mol. The van der Waals surface area contributed by atoms with Crippen LogP contribution in [-0.4, -0.2) is 36.0 Å². The number of nitrogens with two attached hydrogens (primary N) is 1. The van der Waals surface area contributed by atoms with Gasteiger partial charge in [-0.3, -0.25) is 4.79 Å². The normalized spacial score (nSPS) is 11.8. The van der Waals surface area contributed by atoms with Crippen molar-refractivity contribution in [2.75, 3.05) is 14.2 Å². The van der Waals surface area contributed by atoms with Crippen molar-refractivity contribution in [3.05, 3.63) is 29.6 Å². The Labute approximate surface area is 117 Å². The van der Waals surface area contributed by atoms with E-state index in [0.29, 0.717) is 17.0 Å². The molecule has 1 aromatic carbocycles. The van der Waals surface area contributed by atoms with Gasteiger partial charge < -0.3 is 15.4 Å². The first-order valence-electron chi connectivity index (χ1n) is 5.75. The third kappa shape index (κ3) is 3.89. The highest BCUT2D eigenvalue weighted by atomic mass is 32.1. The molecule has 1 amide bonds. The van der Waals surface area contributed by atoms with Crippen LogP contribution in [0.1, 0.15) is 23.7 Å². The van der Waals surface area contributed by atoms with E-state index < -0.39 is 5.82 Å². The lowest BCUT2D eigenvalue weighted by molar-refractivity contribution is 0.0747. The van der Waals surface area contributed by atoms with Gasteiger partial charge in [0, 0.05) is 25.1 Å². The van der Waals surface area contributed by atoms with Crippen LogP contribution in [-0.2, 0) is 0 Å². The fourth-order valence-electron chi connectivity index (χ4n) is 1.62. The second-order valence-electron chi connectivity index (χ2n) is 4.28. The summed E-state index contributed by atoms with van der Waals surface area (Å²) >= 11 is 4.82. The van der Waals surface area contributed by atoms with Gasteiger partial charge in [-0.1, -0.05) is 12.2 Å². The van der Waals surface area contributed by atoms with Crippen LogP contribution < -0.4 is 10.5 Å². The smallest absolute Gasteiger partial charge is 0.253 e. The molecule has 0 fully saturated rings. The minimum atomic E-state index is -0.502. The van der Waals surface area contributed by atoms with E-state index in [1.165, 1.54) is 30.2 Å². The third-order valence-corrected chi connectivity index (χ3v) is 3.04. The summed E-state index contributed by atoms with van der Waals surface area (Å²) in [7, 11) is 3.01. The predicted molar refractivity (Wildman–Crippen MR) is 75.9 cm³/mol. The molecule has 0 aliphatic rings. The van der Waals surface area contributed by atoms with Crippen molar-refractivity contribution in [3.63, 3.8) is 0 Å². The van der Waals surface area contributed by atoms with Crippen molar-refractivity contribution in [2.24, 2.45) is 5.73 Å². The largest absolute Gasteiger partial charge is 0.494 e. The Hall–Kier alpha value is -1.69. The summed E-state index contributed by atoms with van der Waals surface area (Å²) in [4.78, 5) is 14.1. The second kappa shape index (κ2) is 6.47. The van der Waals surface area contributed by atoms with Gasteiger partial charge >= 0.3 is 0 Å². The molecule has 0 heterocycles. The van der Waals surface area contributed by atoms with Crippen molar-refractivity contribution in [3.8, 4) is 5.75 Å². The number of methoxy groups -OCH3 is 1. The predicted octanol–water partition coefficient (Wildman–Crippen LogP) is 1.97. The monoisotopic (exact) mass is 284 g/mol. The molecule has 2 N–H and O–H groups in total. The maximum atomic E-state index is 13.3. The van der Waals surface area contributed by atoms with Gasteiger partial charge in [0.15, 0.2) is 11.6 Å². The lowest BCUT2D eigenvalue weighted by atomic mass is 10.1. The highest BCUT2D eigenvalue weighted by molar-refractivity contribution is 7.80.